The van der Waals surface area contributed by atoms with Gasteiger partial charge in [0.15, 0.2) is 5.78 Å². The molecule has 100 valence electrons. The zero-order valence-corrected chi connectivity index (χ0v) is 11.0. The van der Waals surface area contributed by atoms with Crippen molar-refractivity contribution in [1.82, 2.24) is 0 Å². The van der Waals surface area contributed by atoms with Crippen molar-refractivity contribution in [3.05, 3.63) is 24.0 Å². The number of hydrogen-bond acceptors (Lipinski definition) is 4. The number of hydrogen-bond donors (Lipinski definition) is 0. The van der Waals surface area contributed by atoms with E-state index in [0.29, 0.717) is 31.8 Å². The van der Waals surface area contributed by atoms with Gasteiger partial charge in [-0.25, -0.2) is 0 Å². The van der Waals surface area contributed by atoms with Crippen LogP contribution in [0.3, 0.4) is 0 Å². The minimum atomic E-state index is -0.654. The van der Waals surface area contributed by atoms with Gasteiger partial charge in [-0.3, -0.25) is 9.59 Å². The Morgan fingerprint density at radius 2 is 2.28 bits per heavy atom. The predicted octanol–water partition coefficient (Wildman–Crippen LogP) is 2.40. The molecule has 4 nitrogen and oxygen atoms in total. The molecule has 0 radical (unpaired) electrons. The first-order valence-corrected chi connectivity index (χ1v) is 6.22. The summed E-state index contributed by atoms with van der Waals surface area (Å²) in [5, 5.41) is 0. The Balaban J connectivity index is 2.47. The fraction of sp³-hybridized carbons (Fsp3) is 0.571. The summed E-state index contributed by atoms with van der Waals surface area (Å²) >= 11 is 0. The van der Waals surface area contributed by atoms with Crippen molar-refractivity contribution in [1.29, 1.82) is 0 Å². The van der Waals surface area contributed by atoms with E-state index in [1.54, 1.807) is 6.92 Å². The first-order valence-electron chi connectivity index (χ1n) is 6.22. The first-order chi connectivity index (χ1) is 8.54. The summed E-state index contributed by atoms with van der Waals surface area (Å²) in [4.78, 5) is 23.2. The van der Waals surface area contributed by atoms with E-state index in [0.717, 1.165) is 12.0 Å². The second-order valence-corrected chi connectivity index (χ2v) is 4.41. The van der Waals surface area contributed by atoms with Crippen LogP contribution in [-0.4, -0.2) is 25.0 Å². The Morgan fingerprint density at radius 3 is 2.83 bits per heavy atom. The molecule has 0 N–H and O–H groups in total. The lowest BCUT2D eigenvalue weighted by Crippen LogP contribution is -2.28. The van der Waals surface area contributed by atoms with Crippen LogP contribution < -0.4 is 0 Å². The van der Waals surface area contributed by atoms with Crippen LogP contribution in [0.25, 0.3) is 0 Å². The quantitative estimate of drug-likeness (QED) is 0.414. The normalized spacial score (nSPS) is 19.1. The maximum atomic E-state index is 11.7. The zero-order valence-electron chi connectivity index (χ0n) is 11.0. The summed E-state index contributed by atoms with van der Waals surface area (Å²) in [6, 6.07) is 0. The second kappa shape index (κ2) is 6.99. The topological polar surface area (TPSA) is 52.6 Å². The summed E-state index contributed by atoms with van der Waals surface area (Å²) < 4.78 is 10.3. The van der Waals surface area contributed by atoms with E-state index in [9.17, 15) is 9.59 Å². The molecule has 1 unspecified atom stereocenters. The van der Waals surface area contributed by atoms with E-state index in [1.807, 2.05) is 6.92 Å². The van der Waals surface area contributed by atoms with Crippen LogP contribution >= 0.6 is 0 Å². The standard InChI is InChI=1S/C14H20O4/c1-4-17-14(16)12-6-5-11(9-13(12)15)18-8-7-10(2)3/h9,12H,2,4-8H2,1,3H3. The molecule has 1 rings (SSSR count). The molecule has 0 heterocycles. The van der Waals surface area contributed by atoms with E-state index >= 15 is 0 Å². The minimum Gasteiger partial charge on any atom is -0.497 e. The van der Waals surface area contributed by atoms with Crippen molar-refractivity contribution in [2.45, 2.75) is 33.1 Å². The fourth-order valence-corrected chi connectivity index (χ4v) is 1.71. The van der Waals surface area contributed by atoms with E-state index in [4.69, 9.17) is 9.47 Å². The minimum absolute atomic E-state index is 0.218. The number of carbonyl (C=O) groups is 2. The molecule has 0 aliphatic heterocycles. The highest BCUT2D eigenvalue weighted by molar-refractivity contribution is 6.05. The lowest BCUT2D eigenvalue weighted by Gasteiger charge is -2.19. The SMILES string of the molecule is C=C(C)CCOC1=CC(=O)C(C(=O)OCC)CC1. The number of rotatable bonds is 6. The summed E-state index contributed by atoms with van der Waals surface area (Å²) in [5.74, 6) is -0.648. The summed E-state index contributed by atoms with van der Waals surface area (Å²) in [5.41, 5.74) is 1.04. The fourth-order valence-electron chi connectivity index (χ4n) is 1.71. The van der Waals surface area contributed by atoms with Crippen molar-refractivity contribution in [2.24, 2.45) is 5.92 Å². The molecule has 0 spiro atoms. The summed E-state index contributed by atoms with van der Waals surface area (Å²) in [6.45, 7) is 8.27. The third kappa shape index (κ3) is 4.35. The molecular formula is C14H20O4. The number of ether oxygens (including phenoxy) is 2. The Morgan fingerprint density at radius 1 is 1.56 bits per heavy atom. The molecule has 0 fully saturated rings. The maximum absolute atomic E-state index is 11.7. The van der Waals surface area contributed by atoms with Crippen LogP contribution in [0.2, 0.25) is 0 Å². The van der Waals surface area contributed by atoms with Crippen LogP contribution in [0.15, 0.2) is 24.0 Å². The molecule has 0 aromatic rings. The van der Waals surface area contributed by atoms with Gasteiger partial charge in [-0.2, -0.15) is 0 Å². The molecule has 1 atom stereocenters. The monoisotopic (exact) mass is 252 g/mol. The summed E-state index contributed by atoms with van der Waals surface area (Å²) in [7, 11) is 0. The number of allylic oxidation sites excluding steroid dienone is 2. The van der Waals surface area contributed by atoms with Gasteiger partial charge in [-0.15, -0.1) is 6.58 Å². The highest BCUT2D eigenvalue weighted by Gasteiger charge is 2.30. The Hall–Kier alpha value is -1.58. The number of ketones is 1. The van der Waals surface area contributed by atoms with E-state index in [-0.39, 0.29) is 5.78 Å². The van der Waals surface area contributed by atoms with Gasteiger partial charge >= 0.3 is 5.97 Å². The van der Waals surface area contributed by atoms with E-state index < -0.39 is 11.9 Å². The lowest BCUT2D eigenvalue weighted by molar-refractivity contribution is -0.151. The van der Waals surface area contributed by atoms with Crippen molar-refractivity contribution in [3.8, 4) is 0 Å². The molecule has 0 saturated carbocycles. The zero-order chi connectivity index (χ0) is 13.5. The highest BCUT2D eigenvalue weighted by Crippen LogP contribution is 2.23. The molecule has 0 bridgehead atoms. The third-order valence-electron chi connectivity index (χ3n) is 2.71. The Labute approximate surface area is 108 Å². The average Bonchev–Trinajstić information content (AvgIpc) is 2.28. The van der Waals surface area contributed by atoms with Gasteiger partial charge in [0.05, 0.1) is 19.0 Å². The van der Waals surface area contributed by atoms with Gasteiger partial charge in [0.25, 0.3) is 0 Å². The molecule has 0 amide bonds. The number of carbonyl (C=O) groups excluding carboxylic acids is 2. The van der Waals surface area contributed by atoms with Gasteiger partial charge in [0.2, 0.25) is 0 Å². The van der Waals surface area contributed by atoms with Crippen molar-refractivity contribution < 1.29 is 19.1 Å². The largest absolute Gasteiger partial charge is 0.497 e. The molecule has 1 aliphatic rings. The van der Waals surface area contributed by atoms with Gasteiger partial charge < -0.3 is 9.47 Å². The van der Waals surface area contributed by atoms with Crippen LogP contribution in [0.4, 0.5) is 0 Å². The van der Waals surface area contributed by atoms with Gasteiger partial charge in [-0.1, -0.05) is 5.57 Å². The van der Waals surface area contributed by atoms with Crippen molar-refractivity contribution in [2.75, 3.05) is 13.2 Å². The summed E-state index contributed by atoms with van der Waals surface area (Å²) in [6.07, 6.45) is 3.26. The lowest BCUT2D eigenvalue weighted by atomic mass is 9.92. The van der Waals surface area contributed by atoms with Crippen LogP contribution in [0.5, 0.6) is 0 Å². The van der Waals surface area contributed by atoms with Crippen LogP contribution in [0.1, 0.15) is 33.1 Å². The van der Waals surface area contributed by atoms with E-state index in [1.165, 1.54) is 6.08 Å². The predicted molar refractivity (Wildman–Crippen MR) is 67.8 cm³/mol. The van der Waals surface area contributed by atoms with Crippen LogP contribution in [0, 0.1) is 5.92 Å². The van der Waals surface area contributed by atoms with Crippen molar-refractivity contribution >= 4 is 11.8 Å². The molecule has 0 saturated heterocycles. The molecule has 4 heteroatoms. The average molecular weight is 252 g/mol. The highest BCUT2D eigenvalue weighted by atomic mass is 16.5. The van der Waals surface area contributed by atoms with Crippen molar-refractivity contribution in [3.63, 3.8) is 0 Å². The molecule has 0 aromatic heterocycles. The van der Waals surface area contributed by atoms with Gasteiger partial charge in [0.1, 0.15) is 5.92 Å². The molecular weight excluding hydrogens is 232 g/mol. The first kappa shape index (κ1) is 14.5. The molecule has 1 aliphatic carbocycles. The maximum Gasteiger partial charge on any atom is 0.316 e. The smallest absolute Gasteiger partial charge is 0.316 e. The Bertz CT molecular complexity index is 368. The third-order valence-corrected chi connectivity index (χ3v) is 2.71. The second-order valence-electron chi connectivity index (χ2n) is 4.41. The molecule has 18 heavy (non-hydrogen) atoms. The van der Waals surface area contributed by atoms with Crippen LogP contribution in [-0.2, 0) is 19.1 Å². The van der Waals surface area contributed by atoms with E-state index in [2.05, 4.69) is 6.58 Å². The Kier molecular flexibility index (Phi) is 5.62. The molecule has 0 aromatic carbocycles. The van der Waals surface area contributed by atoms with Gasteiger partial charge in [0, 0.05) is 18.9 Å². The van der Waals surface area contributed by atoms with Gasteiger partial charge in [-0.05, 0) is 20.3 Å². The number of esters is 1.